The molecule has 0 saturated heterocycles. The van der Waals surface area contributed by atoms with E-state index in [0.29, 0.717) is 0 Å². The summed E-state index contributed by atoms with van der Waals surface area (Å²) in [5.74, 6) is 0. The predicted molar refractivity (Wildman–Crippen MR) is 63.1 cm³/mol. The largest absolute Gasteiger partial charge is 0.341 e. The number of urea groups is 1. The lowest BCUT2D eigenvalue weighted by Crippen LogP contribution is -2.44. The van der Waals surface area contributed by atoms with Crippen LogP contribution in [0, 0.1) is 0 Å². The van der Waals surface area contributed by atoms with Crippen LogP contribution in [0.15, 0.2) is 0 Å². The summed E-state index contributed by atoms with van der Waals surface area (Å²) in [5.41, 5.74) is 0. The Labute approximate surface area is 93.0 Å². The maximum Gasteiger partial charge on any atom is 0.317 e. The van der Waals surface area contributed by atoms with Crippen LogP contribution in [0.4, 0.5) is 4.79 Å². The molecule has 0 heterocycles. The second-order valence-corrected chi connectivity index (χ2v) is 4.15. The average Bonchev–Trinajstić information content (AvgIpc) is 2.16. The van der Waals surface area contributed by atoms with E-state index in [1.54, 1.807) is 7.05 Å². The quantitative estimate of drug-likeness (QED) is 0.665. The van der Waals surface area contributed by atoms with E-state index in [0.717, 1.165) is 26.2 Å². The second kappa shape index (κ2) is 7.48. The molecule has 1 N–H and O–H groups in total. The lowest BCUT2D eigenvalue weighted by molar-refractivity contribution is 0.187. The molecule has 0 saturated carbocycles. The zero-order valence-electron chi connectivity index (χ0n) is 10.6. The molecular weight excluding hydrogens is 192 g/mol. The maximum atomic E-state index is 11.5. The monoisotopic (exact) mass is 216 g/mol. The fraction of sp³-hybridized carbons (Fsp3) is 0.900. The van der Waals surface area contributed by atoms with Crippen LogP contribution in [0.3, 0.4) is 0 Å². The molecule has 0 rings (SSSR count). The van der Waals surface area contributed by atoms with Gasteiger partial charge in [-0.2, -0.15) is 0 Å². The zero-order chi connectivity index (χ0) is 11.8. The Bertz CT molecular complexity index is 170. The van der Waals surface area contributed by atoms with Gasteiger partial charge in [-0.3, -0.25) is 0 Å². The van der Waals surface area contributed by atoms with Gasteiger partial charge in [0.15, 0.2) is 0 Å². The summed E-state index contributed by atoms with van der Waals surface area (Å²) < 4.78 is 0. The fourth-order valence-electron chi connectivity index (χ4n) is 1.11. The molecule has 0 unspecified atom stereocenters. The number of likely N-dealkylation sites (N-methyl/N-ethyl adjacent to an activating group) is 2. The molecule has 5 nitrogen and oxygen atoms in total. The minimum absolute atomic E-state index is 0.00120. The Kier molecular flexibility index (Phi) is 7.07. The Morgan fingerprint density at radius 1 is 0.933 bits per heavy atom. The van der Waals surface area contributed by atoms with Crippen molar-refractivity contribution in [3.05, 3.63) is 0 Å². The van der Waals surface area contributed by atoms with Crippen molar-refractivity contribution in [2.75, 3.05) is 61.4 Å². The molecule has 5 heteroatoms. The van der Waals surface area contributed by atoms with E-state index in [9.17, 15) is 4.79 Å². The van der Waals surface area contributed by atoms with Crippen molar-refractivity contribution < 1.29 is 4.79 Å². The van der Waals surface area contributed by atoms with Gasteiger partial charge >= 0.3 is 6.03 Å². The highest BCUT2D eigenvalue weighted by molar-refractivity contribution is 5.73. The standard InChI is InChI=1S/C10H24N4O/c1-11-10(15)14(8-6-12(2)3)9-7-13(4)5/h6-9H2,1-5H3,(H,11,15). The van der Waals surface area contributed by atoms with E-state index in [1.807, 2.05) is 33.1 Å². The van der Waals surface area contributed by atoms with Gasteiger partial charge in [-0.15, -0.1) is 0 Å². The Balaban J connectivity index is 4.01. The molecule has 0 aromatic rings. The molecular formula is C10H24N4O. The number of nitrogens with one attached hydrogen (secondary N) is 1. The normalized spacial score (nSPS) is 10.9. The third-order valence-corrected chi connectivity index (χ3v) is 2.14. The van der Waals surface area contributed by atoms with Crippen molar-refractivity contribution in [2.45, 2.75) is 0 Å². The van der Waals surface area contributed by atoms with E-state index in [4.69, 9.17) is 0 Å². The van der Waals surface area contributed by atoms with Crippen LogP contribution in [0.25, 0.3) is 0 Å². The van der Waals surface area contributed by atoms with Crippen molar-refractivity contribution in [1.29, 1.82) is 0 Å². The number of amides is 2. The summed E-state index contributed by atoms with van der Waals surface area (Å²) in [6, 6.07) is -0.00120. The van der Waals surface area contributed by atoms with Gasteiger partial charge in [0.1, 0.15) is 0 Å². The van der Waals surface area contributed by atoms with E-state index < -0.39 is 0 Å². The Morgan fingerprint density at radius 2 is 1.33 bits per heavy atom. The number of carbonyl (C=O) groups excluding carboxylic acids is 1. The third kappa shape index (κ3) is 7.16. The lowest BCUT2D eigenvalue weighted by atomic mass is 10.4. The first-order valence-corrected chi connectivity index (χ1v) is 5.23. The van der Waals surface area contributed by atoms with Crippen molar-refractivity contribution in [3.8, 4) is 0 Å². The molecule has 0 aliphatic rings. The van der Waals surface area contributed by atoms with Gasteiger partial charge in [0.25, 0.3) is 0 Å². The Hall–Kier alpha value is -0.810. The molecule has 0 aliphatic heterocycles. The molecule has 0 aromatic heterocycles. The number of hydrogen-bond acceptors (Lipinski definition) is 3. The predicted octanol–water partition coefficient (Wildman–Crippen LogP) is -0.249. The van der Waals surface area contributed by atoms with Gasteiger partial charge in [-0.05, 0) is 28.2 Å². The summed E-state index contributed by atoms with van der Waals surface area (Å²) in [4.78, 5) is 17.5. The number of nitrogens with zero attached hydrogens (tertiary/aromatic N) is 3. The van der Waals surface area contributed by atoms with Crippen molar-refractivity contribution in [1.82, 2.24) is 20.0 Å². The molecule has 0 aliphatic carbocycles. The number of rotatable bonds is 6. The van der Waals surface area contributed by atoms with Crippen LogP contribution in [-0.2, 0) is 0 Å². The topological polar surface area (TPSA) is 38.8 Å². The molecule has 90 valence electrons. The van der Waals surface area contributed by atoms with E-state index in [-0.39, 0.29) is 6.03 Å². The summed E-state index contributed by atoms with van der Waals surface area (Å²) >= 11 is 0. The Morgan fingerprint density at radius 3 is 1.60 bits per heavy atom. The highest BCUT2D eigenvalue weighted by Gasteiger charge is 2.11. The van der Waals surface area contributed by atoms with Gasteiger partial charge in [-0.25, -0.2) is 4.79 Å². The number of carbonyl (C=O) groups is 1. The smallest absolute Gasteiger partial charge is 0.317 e. The van der Waals surface area contributed by atoms with Crippen LogP contribution < -0.4 is 5.32 Å². The molecule has 0 bridgehead atoms. The molecule has 0 fully saturated rings. The first kappa shape index (κ1) is 14.2. The van der Waals surface area contributed by atoms with Crippen LogP contribution in [0.5, 0.6) is 0 Å². The maximum absolute atomic E-state index is 11.5. The molecule has 0 atom stereocenters. The van der Waals surface area contributed by atoms with E-state index in [2.05, 4.69) is 15.1 Å². The fourth-order valence-corrected chi connectivity index (χ4v) is 1.11. The lowest BCUT2D eigenvalue weighted by Gasteiger charge is -2.25. The third-order valence-electron chi connectivity index (χ3n) is 2.14. The molecule has 2 amide bonds. The summed E-state index contributed by atoms with van der Waals surface area (Å²) in [6.07, 6.45) is 0. The van der Waals surface area contributed by atoms with Gasteiger partial charge in [0.05, 0.1) is 0 Å². The van der Waals surface area contributed by atoms with Crippen LogP contribution in [0.1, 0.15) is 0 Å². The molecule has 0 aromatic carbocycles. The van der Waals surface area contributed by atoms with Gasteiger partial charge in [0, 0.05) is 33.2 Å². The molecule has 0 spiro atoms. The van der Waals surface area contributed by atoms with Crippen LogP contribution >= 0.6 is 0 Å². The minimum atomic E-state index is -0.00120. The highest BCUT2D eigenvalue weighted by atomic mass is 16.2. The summed E-state index contributed by atoms with van der Waals surface area (Å²) in [5, 5.41) is 2.66. The zero-order valence-corrected chi connectivity index (χ0v) is 10.6. The summed E-state index contributed by atoms with van der Waals surface area (Å²) in [6.45, 7) is 3.31. The van der Waals surface area contributed by atoms with Gasteiger partial charge in [0.2, 0.25) is 0 Å². The average molecular weight is 216 g/mol. The number of hydrogen-bond donors (Lipinski definition) is 1. The van der Waals surface area contributed by atoms with Crippen molar-refractivity contribution >= 4 is 6.03 Å². The van der Waals surface area contributed by atoms with E-state index in [1.165, 1.54) is 0 Å². The second-order valence-electron chi connectivity index (χ2n) is 4.15. The van der Waals surface area contributed by atoms with Crippen LogP contribution in [-0.4, -0.2) is 82.1 Å². The first-order valence-electron chi connectivity index (χ1n) is 5.23. The summed E-state index contributed by atoms with van der Waals surface area (Å²) in [7, 11) is 9.70. The van der Waals surface area contributed by atoms with Crippen molar-refractivity contribution in [2.24, 2.45) is 0 Å². The SMILES string of the molecule is CNC(=O)N(CCN(C)C)CCN(C)C. The highest BCUT2D eigenvalue weighted by Crippen LogP contribution is 1.91. The van der Waals surface area contributed by atoms with Gasteiger partial charge in [-0.1, -0.05) is 0 Å². The molecule has 15 heavy (non-hydrogen) atoms. The van der Waals surface area contributed by atoms with E-state index >= 15 is 0 Å². The minimum Gasteiger partial charge on any atom is -0.341 e. The van der Waals surface area contributed by atoms with Crippen LogP contribution in [0.2, 0.25) is 0 Å². The van der Waals surface area contributed by atoms with Crippen molar-refractivity contribution in [3.63, 3.8) is 0 Å². The molecule has 0 radical (unpaired) electrons. The van der Waals surface area contributed by atoms with Gasteiger partial charge < -0.3 is 20.0 Å². The first-order chi connectivity index (χ1) is 6.97.